The number of nitro groups is 1. The highest BCUT2D eigenvalue weighted by atomic mass is 32.2. The molecule has 6 atom stereocenters. The van der Waals surface area contributed by atoms with Gasteiger partial charge in [0.25, 0.3) is 15.9 Å². The second kappa shape index (κ2) is 11.8. The first-order valence-corrected chi connectivity index (χ1v) is 15.0. The summed E-state index contributed by atoms with van der Waals surface area (Å²) in [5.41, 5.74) is 0.579. The monoisotopic (exact) mass is 597 g/mol. The zero-order valence-electron chi connectivity index (χ0n) is 22.1. The van der Waals surface area contributed by atoms with E-state index >= 15 is 0 Å². The molecule has 1 aromatic carbocycles. The van der Waals surface area contributed by atoms with Gasteiger partial charge in [0, 0.05) is 54.3 Å². The highest BCUT2D eigenvalue weighted by Gasteiger charge is 2.61. The summed E-state index contributed by atoms with van der Waals surface area (Å²) in [4.78, 5) is 50.6. The number of carbonyl (C=O) groups excluding carboxylic acids is 3. The first-order valence-electron chi connectivity index (χ1n) is 12.6. The van der Waals surface area contributed by atoms with Gasteiger partial charge in [-0.05, 0) is 31.0 Å². The van der Waals surface area contributed by atoms with Crippen molar-refractivity contribution in [2.75, 3.05) is 13.1 Å². The summed E-state index contributed by atoms with van der Waals surface area (Å²) in [5.74, 6) is -2.44. The summed E-state index contributed by atoms with van der Waals surface area (Å²) < 4.78 is 35.6. The van der Waals surface area contributed by atoms with Crippen molar-refractivity contribution in [1.82, 2.24) is 14.9 Å². The number of benzene rings is 1. The summed E-state index contributed by atoms with van der Waals surface area (Å²) >= 11 is 1.43. The Morgan fingerprint density at radius 1 is 1.32 bits per heavy atom. The number of nitro benzene ring substituents is 1. The van der Waals surface area contributed by atoms with Crippen molar-refractivity contribution >= 4 is 45.5 Å². The second-order valence-electron chi connectivity index (χ2n) is 10.0. The minimum Gasteiger partial charge on any atom is -0.462 e. The standard InChI is InChI=1S/C24H31N5O9S2/c1-12-20-19(13(2)38-14(3)30)23(31)28(20)21(24(32)37-11-15-4-6-17(7-5-15)29(33)34)22(12)39-18-8-16(26-10-18)9-27-40(25,35)36/h4-7,12-13,16,18-20,26-27H,8-11H2,1-3H3,(H2,25,35,36)/t12-,13-,16+,18+,19-,20-/m1/s1. The molecule has 0 bridgehead atoms. The predicted molar refractivity (Wildman–Crippen MR) is 143 cm³/mol. The zero-order chi connectivity index (χ0) is 29.4. The lowest BCUT2D eigenvalue weighted by Gasteiger charge is -2.47. The van der Waals surface area contributed by atoms with Crippen molar-refractivity contribution in [3.05, 3.63) is 50.5 Å². The van der Waals surface area contributed by atoms with Crippen LogP contribution in [0.2, 0.25) is 0 Å². The zero-order valence-corrected chi connectivity index (χ0v) is 23.7. The number of thioether (sulfide) groups is 1. The molecule has 3 aliphatic rings. The van der Waals surface area contributed by atoms with Crippen LogP contribution in [0, 0.1) is 22.0 Å². The van der Waals surface area contributed by atoms with E-state index in [2.05, 4.69) is 10.0 Å². The first kappa shape index (κ1) is 29.9. The van der Waals surface area contributed by atoms with E-state index in [9.17, 15) is 32.9 Å². The van der Waals surface area contributed by atoms with E-state index < -0.39 is 45.1 Å². The summed E-state index contributed by atoms with van der Waals surface area (Å²) in [6.45, 7) is 5.32. The fraction of sp³-hybridized carbons (Fsp3) is 0.542. The van der Waals surface area contributed by atoms with Crippen molar-refractivity contribution in [1.29, 1.82) is 0 Å². The van der Waals surface area contributed by atoms with Crippen LogP contribution in [0.15, 0.2) is 34.9 Å². The molecule has 1 aromatic rings. The van der Waals surface area contributed by atoms with E-state index in [1.807, 2.05) is 6.92 Å². The van der Waals surface area contributed by atoms with E-state index in [4.69, 9.17) is 14.6 Å². The van der Waals surface area contributed by atoms with Crippen LogP contribution in [0.4, 0.5) is 5.69 Å². The van der Waals surface area contributed by atoms with Crippen LogP contribution >= 0.6 is 11.8 Å². The van der Waals surface area contributed by atoms with Gasteiger partial charge < -0.3 is 19.7 Å². The molecule has 0 aromatic heterocycles. The lowest BCUT2D eigenvalue weighted by Crippen LogP contribution is -2.64. The number of β-lactam (4-membered cyclic amide) rings is 1. The van der Waals surface area contributed by atoms with Gasteiger partial charge in [-0.1, -0.05) is 6.92 Å². The summed E-state index contributed by atoms with van der Waals surface area (Å²) in [6, 6.07) is 5.03. The Bertz CT molecular complexity index is 1330. The maximum atomic E-state index is 13.4. The van der Waals surface area contributed by atoms with Crippen molar-refractivity contribution in [3.8, 4) is 0 Å². The van der Waals surface area contributed by atoms with E-state index in [0.29, 0.717) is 23.4 Å². The molecule has 0 saturated carbocycles. The van der Waals surface area contributed by atoms with Gasteiger partial charge in [0.2, 0.25) is 5.91 Å². The van der Waals surface area contributed by atoms with Crippen LogP contribution in [0.3, 0.4) is 0 Å². The molecule has 2 saturated heterocycles. The minimum atomic E-state index is -3.83. The number of non-ortho nitro benzene ring substituents is 1. The number of carbonyl (C=O) groups is 3. The molecule has 0 unspecified atom stereocenters. The number of nitrogens with two attached hydrogens (primary N) is 1. The van der Waals surface area contributed by atoms with Crippen LogP contribution in [0.5, 0.6) is 0 Å². The number of ether oxygens (including phenoxy) is 2. The highest BCUT2D eigenvalue weighted by molar-refractivity contribution is 8.03. The number of nitrogens with zero attached hydrogens (tertiary/aromatic N) is 2. The van der Waals surface area contributed by atoms with E-state index in [0.717, 1.165) is 0 Å². The highest BCUT2D eigenvalue weighted by Crippen LogP contribution is 2.52. The van der Waals surface area contributed by atoms with Crippen LogP contribution < -0.4 is 15.2 Å². The normalized spacial score (nSPS) is 26.8. The van der Waals surface area contributed by atoms with Crippen molar-refractivity contribution in [2.45, 2.75) is 57.2 Å². The second-order valence-corrected chi connectivity index (χ2v) is 12.7. The molecule has 16 heteroatoms. The molecule has 14 nitrogen and oxygen atoms in total. The number of fused-ring (bicyclic) bond motifs is 1. The molecule has 0 aliphatic carbocycles. The molecule has 1 amide bonds. The molecular formula is C24H31N5O9S2. The fourth-order valence-electron chi connectivity index (χ4n) is 5.35. The fourth-order valence-corrected chi connectivity index (χ4v) is 7.29. The maximum absolute atomic E-state index is 13.4. The Labute approximate surface area is 235 Å². The quantitative estimate of drug-likeness (QED) is 0.139. The van der Waals surface area contributed by atoms with E-state index in [1.54, 1.807) is 6.92 Å². The number of hydrogen-bond donors (Lipinski definition) is 3. The minimum absolute atomic E-state index is 0.0275. The maximum Gasteiger partial charge on any atom is 0.356 e. The van der Waals surface area contributed by atoms with Crippen LogP contribution in [0.1, 0.15) is 32.8 Å². The molecule has 0 spiro atoms. The number of hydrogen-bond acceptors (Lipinski definition) is 11. The van der Waals surface area contributed by atoms with Gasteiger partial charge in [-0.25, -0.2) is 14.7 Å². The Morgan fingerprint density at radius 2 is 2.00 bits per heavy atom. The molecular weight excluding hydrogens is 566 g/mol. The summed E-state index contributed by atoms with van der Waals surface area (Å²) in [6.07, 6.45) is -0.0994. The topological polar surface area (TPSA) is 200 Å². The Morgan fingerprint density at radius 3 is 2.60 bits per heavy atom. The third kappa shape index (κ3) is 6.46. The van der Waals surface area contributed by atoms with Crippen LogP contribution in [-0.4, -0.2) is 72.6 Å². The smallest absolute Gasteiger partial charge is 0.356 e. The third-order valence-corrected chi connectivity index (χ3v) is 9.24. The lowest BCUT2D eigenvalue weighted by atomic mass is 9.79. The average molecular weight is 598 g/mol. The Kier molecular flexibility index (Phi) is 8.84. The SMILES string of the molecule is CC(=O)O[C@H](C)[C@H]1C(=O)N2C(C(=O)OCc3ccc([N+](=O)[O-])cc3)=C(S[C@@H]3CN[C@H](CNS(N)(=O)=O)C3)[C@H](C)[C@H]12. The van der Waals surface area contributed by atoms with Gasteiger partial charge >= 0.3 is 11.9 Å². The van der Waals surface area contributed by atoms with Crippen LogP contribution in [0.25, 0.3) is 0 Å². The summed E-state index contributed by atoms with van der Waals surface area (Å²) in [7, 11) is -3.83. The molecule has 3 heterocycles. The Hall–Kier alpha value is -3.05. The average Bonchev–Trinajstić information content (AvgIpc) is 3.41. The van der Waals surface area contributed by atoms with Crippen LogP contribution in [-0.2, 0) is 40.7 Å². The number of esters is 2. The molecule has 2 fully saturated rings. The molecule has 218 valence electrons. The number of rotatable bonds is 11. The van der Waals surface area contributed by atoms with Gasteiger partial charge in [0.15, 0.2) is 0 Å². The van der Waals surface area contributed by atoms with Gasteiger partial charge in [-0.15, -0.1) is 11.8 Å². The molecule has 4 rings (SSSR count). The molecule has 4 N–H and O–H groups in total. The first-order chi connectivity index (χ1) is 18.8. The van der Waals surface area contributed by atoms with Gasteiger partial charge in [0.1, 0.15) is 18.4 Å². The molecule has 40 heavy (non-hydrogen) atoms. The van der Waals surface area contributed by atoms with Gasteiger partial charge in [-0.3, -0.25) is 19.7 Å². The van der Waals surface area contributed by atoms with Crippen molar-refractivity contribution in [2.24, 2.45) is 17.0 Å². The number of amides is 1. The third-order valence-electron chi connectivity index (χ3n) is 7.16. The van der Waals surface area contributed by atoms with Gasteiger partial charge in [-0.2, -0.15) is 8.42 Å². The largest absolute Gasteiger partial charge is 0.462 e. The van der Waals surface area contributed by atoms with Crippen molar-refractivity contribution in [3.63, 3.8) is 0 Å². The molecule has 3 aliphatic heterocycles. The van der Waals surface area contributed by atoms with Gasteiger partial charge in [0.05, 0.1) is 16.9 Å². The predicted octanol–water partition coefficient (Wildman–Crippen LogP) is 0.535. The molecule has 0 radical (unpaired) electrons. The van der Waals surface area contributed by atoms with Crippen molar-refractivity contribution < 1.29 is 37.2 Å². The number of nitrogens with one attached hydrogen (secondary N) is 2. The lowest BCUT2D eigenvalue weighted by molar-refractivity contribution is -0.384. The summed E-state index contributed by atoms with van der Waals surface area (Å²) in [5, 5.41) is 19.1. The van der Waals surface area contributed by atoms with E-state index in [1.165, 1.54) is 47.9 Å². The Balaban J connectivity index is 1.52. The van der Waals surface area contributed by atoms with E-state index in [-0.39, 0.29) is 47.7 Å².